The van der Waals surface area contributed by atoms with Gasteiger partial charge in [0, 0.05) is 17.8 Å². The van der Waals surface area contributed by atoms with Gasteiger partial charge in [-0.3, -0.25) is 9.78 Å². The molecule has 3 aromatic heterocycles. The predicted molar refractivity (Wildman–Crippen MR) is 120 cm³/mol. The highest BCUT2D eigenvalue weighted by atomic mass is 32.1. The van der Waals surface area contributed by atoms with Crippen LogP contribution in [0.1, 0.15) is 26.5 Å². The molecule has 6 nitrogen and oxygen atoms in total. The van der Waals surface area contributed by atoms with Gasteiger partial charge < -0.3 is 10.6 Å². The molecular formula is C23H20FN5OS. The molecule has 31 heavy (non-hydrogen) atoms. The zero-order valence-corrected chi connectivity index (χ0v) is 17.9. The largest absolute Gasteiger partial charge is 0.397 e. The second-order valence-electron chi connectivity index (χ2n) is 7.88. The summed E-state index contributed by atoms with van der Waals surface area (Å²) in [7, 11) is 0. The van der Waals surface area contributed by atoms with Gasteiger partial charge in [-0.2, -0.15) is 5.10 Å². The number of rotatable bonds is 3. The summed E-state index contributed by atoms with van der Waals surface area (Å²) >= 11 is 1.21. The Morgan fingerprint density at radius 1 is 1.13 bits per heavy atom. The number of carbonyl (C=O) groups is 1. The summed E-state index contributed by atoms with van der Waals surface area (Å²) in [5.41, 5.74) is 9.30. The fraction of sp³-hybridized carbons (Fsp3) is 0.217. The van der Waals surface area contributed by atoms with E-state index in [4.69, 9.17) is 5.73 Å². The van der Waals surface area contributed by atoms with Crippen LogP contribution >= 0.6 is 11.3 Å². The maximum absolute atomic E-state index is 15.5. The predicted octanol–water partition coefficient (Wildman–Crippen LogP) is 4.27. The molecule has 1 amide bonds. The third-order valence-electron chi connectivity index (χ3n) is 5.90. The van der Waals surface area contributed by atoms with E-state index in [1.54, 1.807) is 24.5 Å². The first-order valence-electron chi connectivity index (χ1n) is 9.88. The van der Waals surface area contributed by atoms with E-state index in [-0.39, 0.29) is 19.0 Å². The van der Waals surface area contributed by atoms with Crippen molar-refractivity contribution in [3.8, 4) is 11.1 Å². The number of nitrogens with zero attached hydrogens (tertiary/aromatic N) is 4. The summed E-state index contributed by atoms with van der Waals surface area (Å²) in [5.74, 6) is -0.266. The van der Waals surface area contributed by atoms with Gasteiger partial charge in [-0.05, 0) is 42.2 Å². The van der Waals surface area contributed by atoms with Gasteiger partial charge in [-0.25, -0.2) is 4.39 Å². The molecule has 156 valence electrons. The number of nitrogen functional groups attached to an aromatic ring is 1. The molecule has 0 aliphatic carbocycles. The average molecular weight is 434 g/mol. The van der Waals surface area contributed by atoms with Gasteiger partial charge in [-0.15, -0.1) is 16.4 Å². The Labute approximate surface area is 182 Å². The Morgan fingerprint density at radius 3 is 2.55 bits per heavy atom. The number of amides is 1. The standard InChI is InChI=1S/C23H20FN5OS/c1-13-14(2)27-28-21-18(13)19(25)20(31-21)22(30)29-11-23(24,12-29)17-7-5-15(6-8-17)16-4-3-9-26-10-16/h3-10H,11-12,25H2,1-2H3. The van der Waals surface area contributed by atoms with Crippen LogP contribution in [0.15, 0.2) is 48.8 Å². The summed E-state index contributed by atoms with van der Waals surface area (Å²) in [6.45, 7) is 3.76. The van der Waals surface area contributed by atoms with E-state index in [0.29, 0.717) is 21.0 Å². The van der Waals surface area contributed by atoms with Crippen molar-refractivity contribution in [3.05, 3.63) is 70.5 Å². The van der Waals surface area contributed by atoms with E-state index in [0.717, 1.165) is 27.8 Å². The van der Waals surface area contributed by atoms with E-state index in [1.807, 2.05) is 38.1 Å². The molecule has 1 aliphatic rings. The molecule has 1 aromatic carbocycles. The minimum atomic E-state index is -1.57. The van der Waals surface area contributed by atoms with Gasteiger partial charge in [0.15, 0.2) is 5.67 Å². The van der Waals surface area contributed by atoms with Gasteiger partial charge in [0.1, 0.15) is 9.71 Å². The molecule has 0 saturated carbocycles. The number of hydrogen-bond acceptors (Lipinski definition) is 6. The molecule has 0 radical (unpaired) electrons. The number of likely N-dealkylation sites (tertiary alicyclic amines) is 1. The Balaban J connectivity index is 1.35. The van der Waals surface area contributed by atoms with Crippen molar-refractivity contribution in [1.82, 2.24) is 20.1 Å². The van der Waals surface area contributed by atoms with E-state index in [9.17, 15) is 4.79 Å². The Hall–Kier alpha value is -3.39. The number of benzene rings is 1. The minimum absolute atomic E-state index is 0.00452. The minimum Gasteiger partial charge on any atom is -0.397 e. The highest BCUT2D eigenvalue weighted by Crippen LogP contribution is 2.41. The van der Waals surface area contributed by atoms with Crippen molar-refractivity contribution in [2.75, 3.05) is 18.8 Å². The molecule has 4 aromatic rings. The molecule has 0 unspecified atom stereocenters. The number of hydrogen-bond donors (Lipinski definition) is 1. The maximum Gasteiger partial charge on any atom is 0.266 e. The van der Waals surface area contributed by atoms with Crippen LogP contribution in [0.25, 0.3) is 21.3 Å². The number of carbonyl (C=O) groups excluding carboxylic acids is 1. The molecule has 1 aliphatic heterocycles. The number of anilines is 1. The van der Waals surface area contributed by atoms with Crippen molar-refractivity contribution in [2.24, 2.45) is 0 Å². The van der Waals surface area contributed by atoms with E-state index < -0.39 is 5.67 Å². The van der Waals surface area contributed by atoms with Crippen molar-refractivity contribution in [1.29, 1.82) is 0 Å². The summed E-state index contributed by atoms with van der Waals surface area (Å²) in [6, 6.07) is 11.1. The molecule has 5 rings (SSSR count). The van der Waals surface area contributed by atoms with Gasteiger partial charge >= 0.3 is 0 Å². The van der Waals surface area contributed by atoms with Gasteiger partial charge in [0.25, 0.3) is 5.91 Å². The lowest BCUT2D eigenvalue weighted by Crippen LogP contribution is -2.58. The third-order valence-corrected chi connectivity index (χ3v) is 6.97. The molecule has 2 N–H and O–H groups in total. The summed E-state index contributed by atoms with van der Waals surface area (Å²) < 4.78 is 15.5. The first-order chi connectivity index (χ1) is 14.9. The zero-order chi connectivity index (χ0) is 21.8. The number of pyridine rings is 1. The molecule has 0 atom stereocenters. The lowest BCUT2D eigenvalue weighted by atomic mass is 9.87. The molecule has 0 bridgehead atoms. The lowest BCUT2D eigenvalue weighted by Gasteiger charge is -2.44. The van der Waals surface area contributed by atoms with Crippen LogP contribution in [0.5, 0.6) is 0 Å². The number of thiophene rings is 1. The summed E-state index contributed by atoms with van der Waals surface area (Å²) in [6.07, 6.45) is 3.49. The van der Waals surface area contributed by atoms with Crippen LogP contribution in [0.2, 0.25) is 0 Å². The van der Waals surface area contributed by atoms with Crippen LogP contribution in [-0.4, -0.2) is 39.1 Å². The molecule has 1 saturated heterocycles. The third kappa shape index (κ3) is 3.14. The van der Waals surface area contributed by atoms with E-state index in [1.165, 1.54) is 16.2 Å². The zero-order valence-electron chi connectivity index (χ0n) is 17.1. The quantitative estimate of drug-likeness (QED) is 0.521. The second kappa shape index (κ2) is 7.09. The van der Waals surface area contributed by atoms with Crippen LogP contribution < -0.4 is 5.73 Å². The van der Waals surface area contributed by atoms with Gasteiger partial charge in [0.05, 0.1) is 24.5 Å². The summed E-state index contributed by atoms with van der Waals surface area (Å²) in [4.78, 5) is 19.6. The van der Waals surface area contributed by atoms with Crippen molar-refractivity contribution >= 4 is 33.1 Å². The lowest BCUT2D eigenvalue weighted by molar-refractivity contribution is -0.0227. The molecule has 0 spiro atoms. The molecule has 4 heterocycles. The highest BCUT2D eigenvalue weighted by Gasteiger charge is 2.48. The van der Waals surface area contributed by atoms with Crippen molar-refractivity contribution in [2.45, 2.75) is 19.5 Å². The van der Waals surface area contributed by atoms with Crippen molar-refractivity contribution < 1.29 is 9.18 Å². The smallest absolute Gasteiger partial charge is 0.266 e. The first kappa shape index (κ1) is 19.6. The van der Waals surface area contributed by atoms with Crippen LogP contribution in [-0.2, 0) is 5.67 Å². The van der Waals surface area contributed by atoms with Crippen LogP contribution in [0.3, 0.4) is 0 Å². The summed E-state index contributed by atoms with van der Waals surface area (Å²) in [5, 5.41) is 9.03. The monoisotopic (exact) mass is 433 g/mol. The van der Waals surface area contributed by atoms with Gasteiger partial charge in [0.2, 0.25) is 0 Å². The fourth-order valence-corrected chi connectivity index (χ4v) is 4.99. The van der Waals surface area contributed by atoms with Crippen LogP contribution in [0, 0.1) is 13.8 Å². The molecule has 1 fully saturated rings. The number of aryl methyl sites for hydroxylation is 2. The molecular weight excluding hydrogens is 413 g/mol. The van der Waals surface area contributed by atoms with Gasteiger partial charge in [-0.1, -0.05) is 30.3 Å². The number of alkyl halides is 1. The Kier molecular flexibility index (Phi) is 4.48. The highest BCUT2D eigenvalue weighted by molar-refractivity contribution is 7.21. The Bertz CT molecular complexity index is 1300. The van der Waals surface area contributed by atoms with E-state index >= 15 is 4.39 Å². The number of halogens is 1. The normalized spacial score (nSPS) is 15.1. The maximum atomic E-state index is 15.5. The number of nitrogens with two attached hydrogens (primary N) is 1. The first-order valence-corrected chi connectivity index (χ1v) is 10.7. The number of fused-ring (bicyclic) bond motifs is 1. The topological polar surface area (TPSA) is 85.0 Å². The fourth-order valence-electron chi connectivity index (χ4n) is 3.92. The Morgan fingerprint density at radius 2 is 1.87 bits per heavy atom. The number of aromatic nitrogens is 3. The van der Waals surface area contributed by atoms with Crippen molar-refractivity contribution in [3.63, 3.8) is 0 Å². The van der Waals surface area contributed by atoms with Crippen LogP contribution in [0.4, 0.5) is 10.1 Å². The molecule has 8 heteroatoms. The van der Waals surface area contributed by atoms with E-state index in [2.05, 4.69) is 15.2 Å². The average Bonchev–Trinajstić information content (AvgIpc) is 3.11. The second-order valence-corrected chi connectivity index (χ2v) is 8.88. The SMILES string of the molecule is Cc1nnc2sc(C(=O)N3CC(F)(c4ccc(-c5cccnc5)cc4)C3)c(N)c2c1C.